The van der Waals surface area contributed by atoms with Gasteiger partial charge in [0.25, 0.3) is 0 Å². The van der Waals surface area contributed by atoms with Crippen LogP contribution < -0.4 is 21.4 Å². The number of H-pyrrole nitrogens is 4. The van der Waals surface area contributed by atoms with Crippen molar-refractivity contribution in [3.05, 3.63) is 117 Å². The van der Waals surface area contributed by atoms with Gasteiger partial charge in [0, 0.05) is 64.6 Å². The fourth-order valence-corrected chi connectivity index (χ4v) is 4.61. The minimum atomic E-state index is 0.674. The summed E-state index contributed by atoms with van der Waals surface area (Å²) in [4.78, 5) is 16.6. The van der Waals surface area contributed by atoms with E-state index in [2.05, 4.69) is 110 Å². The maximum absolute atomic E-state index is 5.39. The van der Waals surface area contributed by atoms with E-state index in [0.29, 0.717) is 6.61 Å². The predicted molar refractivity (Wildman–Crippen MR) is 136 cm³/mol. The lowest BCUT2D eigenvalue weighted by molar-refractivity contribution is 0.170. The molecule has 0 fully saturated rings. The Morgan fingerprint density at radius 3 is 2.21 bits per heavy atom. The molecule has 8 bridgehead atoms. The van der Waals surface area contributed by atoms with Gasteiger partial charge < -0.3 is 29.6 Å². The number of ether oxygens (including phenoxy) is 1. The third kappa shape index (κ3) is 4.00. The van der Waals surface area contributed by atoms with Crippen LogP contribution in [0.1, 0.15) is 22.8 Å². The molecule has 0 aliphatic carbocycles. The van der Waals surface area contributed by atoms with E-state index in [1.165, 1.54) is 5.70 Å². The summed E-state index contributed by atoms with van der Waals surface area (Å²) < 4.78 is 5.39. The fraction of sp³-hybridized carbons (Fsp3) is 0.143. The van der Waals surface area contributed by atoms with Gasteiger partial charge in [-0.3, -0.25) is 0 Å². The molecule has 2 aliphatic rings. The maximum Gasteiger partial charge on any atom is 0.0637 e. The van der Waals surface area contributed by atoms with Crippen molar-refractivity contribution in [2.45, 2.75) is 0 Å². The summed E-state index contributed by atoms with van der Waals surface area (Å²) in [5.41, 5.74) is 6.53. The van der Waals surface area contributed by atoms with Crippen molar-refractivity contribution in [3.63, 3.8) is 0 Å². The van der Waals surface area contributed by atoms with Crippen molar-refractivity contribution in [1.29, 1.82) is 0 Å². The van der Waals surface area contributed by atoms with Crippen LogP contribution in [0.15, 0.2) is 72.5 Å². The van der Waals surface area contributed by atoms with Crippen molar-refractivity contribution >= 4 is 23.8 Å². The monoisotopic (exact) mass is 449 g/mol. The minimum Gasteiger partial charge on any atom is -0.383 e. The minimum absolute atomic E-state index is 0.674. The molecule has 0 saturated carbocycles. The number of fused-ring (bicyclic) bond motifs is 8. The van der Waals surface area contributed by atoms with E-state index in [1.54, 1.807) is 7.11 Å². The van der Waals surface area contributed by atoms with Crippen LogP contribution in [-0.2, 0) is 4.74 Å². The SMILES string of the molecule is COCCN1CC=CC=C1C1=c2ccc([nH]2)=Cc2ccc([nH]2)C=c2ccc([nH]2)=Cc2ccc1[nH]2. The summed E-state index contributed by atoms with van der Waals surface area (Å²) in [5, 5.41) is 4.22. The van der Waals surface area contributed by atoms with Gasteiger partial charge in [0.1, 0.15) is 0 Å². The molecule has 4 aromatic rings. The largest absolute Gasteiger partial charge is 0.383 e. The number of aromatic nitrogens is 4. The van der Waals surface area contributed by atoms with Gasteiger partial charge in [-0.1, -0.05) is 12.2 Å². The van der Waals surface area contributed by atoms with Crippen molar-refractivity contribution in [2.24, 2.45) is 0 Å². The van der Waals surface area contributed by atoms with Crippen LogP contribution in [0.3, 0.4) is 0 Å². The molecule has 6 nitrogen and oxygen atoms in total. The Morgan fingerprint density at radius 2 is 1.44 bits per heavy atom. The first-order valence-electron chi connectivity index (χ1n) is 11.5. The van der Waals surface area contributed by atoms with Crippen LogP contribution >= 0.6 is 0 Å². The van der Waals surface area contributed by atoms with E-state index in [9.17, 15) is 0 Å². The summed E-state index contributed by atoms with van der Waals surface area (Å²) in [6, 6.07) is 17.0. The third-order valence-corrected chi connectivity index (χ3v) is 6.23. The number of aromatic amines is 4. The molecule has 0 amide bonds. The summed E-state index contributed by atoms with van der Waals surface area (Å²) in [6.45, 7) is 2.35. The lowest BCUT2D eigenvalue weighted by Gasteiger charge is -2.29. The molecule has 6 heteroatoms. The van der Waals surface area contributed by atoms with Crippen LogP contribution in [0.5, 0.6) is 0 Å². The van der Waals surface area contributed by atoms with Crippen molar-refractivity contribution in [2.75, 3.05) is 26.8 Å². The third-order valence-electron chi connectivity index (χ3n) is 6.23. The molecule has 170 valence electrons. The highest BCUT2D eigenvalue weighted by atomic mass is 16.5. The fourth-order valence-electron chi connectivity index (χ4n) is 4.61. The Hall–Kier alpha value is -4.16. The maximum atomic E-state index is 5.39. The zero-order valence-corrected chi connectivity index (χ0v) is 19.1. The topological polar surface area (TPSA) is 75.6 Å². The molecule has 0 unspecified atom stereocenters. The average molecular weight is 450 g/mol. The van der Waals surface area contributed by atoms with E-state index in [4.69, 9.17) is 4.74 Å². The highest BCUT2D eigenvalue weighted by molar-refractivity contribution is 5.77. The van der Waals surface area contributed by atoms with Crippen LogP contribution in [0.25, 0.3) is 23.8 Å². The van der Waals surface area contributed by atoms with E-state index >= 15 is 0 Å². The van der Waals surface area contributed by atoms with Crippen molar-refractivity contribution < 1.29 is 4.74 Å². The molecule has 0 saturated heterocycles. The molecule has 0 spiro atoms. The summed E-state index contributed by atoms with van der Waals surface area (Å²) in [7, 11) is 1.75. The predicted octanol–water partition coefficient (Wildman–Crippen LogP) is 1.40. The second kappa shape index (κ2) is 8.65. The number of hydrogen-bond acceptors (Lipinski definition) is 2. The Labute approximate surface area is 197 Å². The van der Waals surface area contributed by atoms with Gasteiger partial charge in [-0.15, -0.1) is 0 Å². The van der Waals surface area contributed by atoms with Gasteiger partial charge >= 0.3 is 0 Å². The standard InChI is InChI=1S/C28H27N5O/c1-34-15-14-33-13-3-2-4-27(33)28-25-11-9-23(31-25)17-21-7-5-19(29-21)16-20-6-8-22(30-20)18-24-10-12-26(28)32-24/h2-12,16-18,29-32H,13-15H2,1H3. The second-order valence-electron chi connectivity index (χ2n) is 8.62. The number of methoxy groups -OCH3 is 1. The molecule has 6 rings (SSSR count). The van der Waals surface area contributed by atoms with E-state index in [1.807, 2.05) is 0 Å². The molecule has 34 heavy (non-hydrogen) atoms. The van der Waals surface area contributed by atoms with Crippen LogP contribution in [0.4, 0.5) is 0 Å². The van der Waals surface area contributed by atoms with Gasteiger partial charge in [0.2, 0.25) is 0 Å². The summed E-state index contributed by atoms with van der Waals surface area (Å²) in [5.74, 6) is 0. The first-order valence-corrected chi connectivity index (χ1v) is 11.5. The van der Waals surface area contributed by atoms with E-state index in [-0.39, 0.29) is 0 Å². The van der Waals surface area contributed by atoms with Gasteiger partial charge in [-0.25, -0.2) is 0 Å². The molecule has 4 N–H and O–H groups in total. The zero-order chi connectivity index (χ0) is 22.9. The molecule has 0 radical (unpaired) electrons. The Balaban J connectivity index is 1.59. The second-order valence-corrected chi connectivity index (χ2v) is 8.62. The summed E-state index contributed by atoms with van der Waals surface area (Å²) in [6.07, 6.45) is 12.9. The van der Waals surface area contributed by atoms with Gasteiger partial charge in [-0.2, -0.15) is 0 Å². The van der Waals surface area contributed by atoms with Gasteiger partial charge in [-0.05, 0) is 72.8 Å². The normalized spacial score (nSPS) is 14.9. The molecular formula is C28H27N5O. The van der Waals surface area contributed by atoms with Crippen LogP contribution in [0, 0.1) is 0 Å². The van der Waals surface area contributed by atoms with Crippen LogP contribution in [-0.4, -0.2) is 51.6 Å². The van der Waals surface area contributed by atoms with Crippen molar-refractivity contribution in [1.82, 2.24) is 24.8 Å². The van der Waals surface area contributed by atoms with E-state index < -0.39 is 0 Å². The first kappa shape index (κ1) is 20.4. The number of nitrogens with one attached hydrogen (secondary N) is 4. The lowest BCUT2D eigenvalue weighted by Crippen LogP contribution is -2.31. The number of allylic oxidation sites excluding steroid dienone is 3. The highest BCUT2D eigenvalue weighted by Gasteiger charge is 2.19. The Kier molecular flexibility index (Phi) is 5.20. The first-order chi connectivity index (χ1) is 16.7. The lowest BCUT2D eigenvalue weighted by atomic mass is 10.0. The highest BCUT2D eigenvalue weighted by Crippen LogP contribution is 2.25. The molecule has 2 aliphatic heterocycles. The molecule has 0 aromatic carbocycles. The Bertz CT molecular complexity index is 1640. The van der Waals surface area contributed by atoms with Gasteiger partial charge in [0.15, 0.2) is 0 Å². The summed E-state index contributed by atoms with van der Waals surface area (Å²) >= 11 is 0. The van der Waals surface area contributed by atoms with Crippen molar-refractivity contribution in [3.8, 4) is 0 Å². The molecular weight excluding hydrogens is 422 g/mol. The van der Waals surface area contributed by atoms with E-state index in [0.717, 1.165) is 62.8 Å². The number of rotatable bonds is 4. The van der Waals surface area contributed by atoms with Crippen LogP contribution in [0.2, 0.25) is 0 Å². The zero-order valence-electron chi connectivity index (χ0n) is 19.1. The van der Waals surface area contributed by atoms with Gasteiger partial charge in [0.05, 0.1) is 17.6 Å². The Morgan fingerprint density at radius 1 is 0.765 bits per heavy atom. The average Bonchev–Trinajstić information content (AvgIpc) is 3.64. The number of nitrogens with zero attached hydrogens (tertiary/aromatic N) is 1. The molecule has 0 atom stereocenters. The molecule has 4 aromatic heterocycles. The smallest absolute Gasteiger partial charge is 0.0637 e. The number of hydrogen-bond donors (Lipinski definition) is 4. The quantitative estimate of drug-likeness (QED) is 0.380. The molecule has 6 heterocycles.